The predicted octanol–water partition coefficient (Wildman–Crippen LogP) is 11.9. The van der Waals surface area contributed by atoms with Crippen LogP contribution in [0.25, 0.3) is 77.7 Å². The Morgan fingerprint density at radius 1 is 0.469 bits per heavy atom. The monoisotopic (exact) mass is 626 g/mol. The Bertz CT molecular complexity index is 2740. The summed E-state index contributed by atoms with van der Waals surface area (Å²) in [6.07, 6.45) is 0. The molecule has 2 aromatic heterocycles. The molecule has 0 N–H and O–H groups in total. The first kappa shape index (κ1) is 27.8. The largest absolute Gasteiger partial charge is 0.456 e. The second-order valence-electron chi connectivity index (χ2n) is 13.1. The van der Waals surface area contributed by atoms with Gasteiger partial charge in [-0.05, 0) is 69.8 Å². The van der Waals surface area contributed by atoms with Crippen LogP contribution < -0.4 is 0 Å². The fourth-order valence-electron chi connectivity index (χ4n) is 8.00. The van der Waals surface area contributed by atoms with Gasteiger partial charge in [0.2, 0.25) is 0 Å². The highest BCUT2D eigenvalue weighted by atomic mass is 16.3. The van der Waals surface area contributed by atoms with Crippen LogP contribution in [-0.2, 0) is 5.41 Å². The first-order chi connectivity index (χ1) is 24.2. The lowest BCUT2D eigenvalue weighted by atomic mass is 9.74. The Kier molecular flexibility index (Phi) is 6.00. The molecule has 9 aromatic rings. The van der Waals surface area contributed by atoms with Gasteiger partial charge in [0.25, 0.3) is 0 Å². The molecule has 1 aliphatic carbocycles. The molecule has 49 heavy (non-hydrogen) atoms. The fourth-order valence-corrected chi connectivity index (χ4v) is 8.00. The number of nitrogens with zero attached hydrogens (tertiary/aromatic N) is 2. The minimum Gasteiger partial charge on any atom is -0.456 e. The number of aromatic nitrogens is 2. The van der Waals surface area contributed by atoms with Crippen molar-refractivity contribution < 1.29 is 4.42 Å². The van der Waals surface area contributed by atoms with Crippen LogP contribution in [-0.4, -0.2) is 9.97 Å². The average Bonchev–Trinajstić information content (AvgIpc) is 3.68. The minimum absolute atomic E-state index is 0.307. The maximum Gasteiger partial charge on any atom is 0.161 e. The molecule has 3 nitrogen and oxygen atoms in total. The van der Waals surface area contributed by atoms with E-state index in [9.17, 15) is 0 Å². The van der Waals surface area contributed by atoms with Crippen LogP contribution in [0.1, 0.15) is 23.6 Å². The smallest absolute Gasteiger partial charge is 0.161 e. The van der Waals surface area contributed by atoms with Gasteiger partial charge in [-0.1, -0.05) is 140 Å². The Labute approximate surface area is 284 Å². The number of hydrogen-bond acceptors (Lipinski definition) is 3. The van der Waals surface area contributed by atoms with Gasteiger partial charge in [-0.2, -0.15) is 0 Å². The molecule has 3 heteroatoms. The van der Waals surface area contributed by atoms with Crippen LogP contribution in [0.5, 0.6) is 0 Å². The standard InChI is InChI=1S/C46H30N2O/c1-46(31-15-3-2-4-16-31)38-22-9-7-18-33(38)34-26-25-30(27-39(34)46)40-28-41(36-21-12-24-43-44(36)37-19-8-10-23-42(37)49-43)48-45(47-40)35-20-11-14-29-13-5-6-17-32(29)35/h2-28H,1H3. The molecule has 1 aliphatic rings. The van der Waals surface area contributed by atoms with Gasteiger partial charge >= 0.3 is 0 Å². The lowest BCUT2D eigenvalue weighted by molar-refractivity contribution is 0.669. The van der Waals surface area contributed by atoms with E-state index in [1.165, 1.54) is 27.8 Å². The number of para-hydroxylation sites is 1. The van der Waals surface area contributed by atoms with Gasteiger partial charge in [0.05, 0.1) is 11.4 Å². The highest BCUT2D eigenvalue weighted by Gasteiger charge is 2.40. The molecule has 0 spiro atoms. The van der Waals surface area contributed by atoms with Crippen molar-refractivity contribution in [2.24, 2.45) is 0 Å². The molecular formula is C46H30N2O. The average molecular weight is 627 g/mol. The van der Waals surface area contributed by atoms with E-state index in [1.807, 2.05) is 18.2 Å². The molecule has 2 heterocycles. The van der Waals surface area contributed by atoms with E-state index in [4.69, 9.17) is 14.4 Å². The molecule has 230 valence electrons. The Balaban J connectivity index is 1.24. The molecular weight excluding hydrogens is 597 g/mol. The summed E-state index contributed by atoms with van der Waals surface area (Å²) in [5.41, 5.74) is 12.7. The zero-order valence-corrected chi connectivity index (χ0v) is 26.9. The van der Waals surface area contributed by atoms with E-state index in [-0.39, 0.29) is 5.41 Å². The number of fused-ring (bicyclic) bond motifs is 7. The van der Waals surface area contributed by atoms with Crippen LogP contribution in [0.15, 0.2) is 168 Å². The van der Waals surface area contributed by atoms with E-state index in [0.29, 0.717) is 5.82 Å². The van der Waals surface area contributed by atoms with Crippen LogP contribution >= 0.6 is 0 Å². The highest BCUT2D eigenvalue weighted by Crippen LogP contribution is 2.53. The quantitative estimate of drug-likeness (QED) is 0.195. The summed E-state index contributed by atoms with van der Waals surface area (Å²) in [6, 6.07) is 58.0. The molecule has 0 amide bonds. The zero-order valence-electron chi connectivity index (χ0n) is 26.9. The van der Waals surface area contributed by atoms with E-state index in [1.54, 1.807) is 0 Å². The van der Waals surface area contributed by atoms with Crippen molar-refractivity contribution in [2.45, 2.75) is 12.3 Å². The zero-order chi connectivity index (χ0) is 32.5. The summed E-state index contributed by atoms with van der Waals surface area (Å²) in [5, 5.41) is 4.43. The Hall–Kier alpha value is -6.32. The molecule has 0 radical (unpaired) electrons. The molecule has 0 aliphatic heterocycles. The van der Waals surface area contributed by atoms with Gasteiger partial charge in [0.15, 0.2) is 5.82 Å². The van der Waals surface area contributed by atoms with Crippen molar-refractivity contribution in [1.29, 1.82) is 0 Å². The maximum atomic E-state index is 6.30. The van der Waals surface area contributed by atoms with Gasteiger partial charge in [-0.25, -0.2) is 9.97 Å². The molecule has 0 saturated carbocycles. The van der Waals surface area contributed by atoms with Crippen LogP contribution in [0.3, 0.4) is 0 Å². The van der Waals surface area contributed by atoms with Gasteiger partial charge in [-0.15, -0.1) is 0 Å². The van der Waals surface area contributed by atoms with Crippen molar-refractivity contribution in [3.05, 3.63) is 180 Å². The second-order valence-corrected chi connectivity index (χ2v) is 13.1. The van der Waals surface area contributed by atoms with Crippen LogP contribution in [0, 0.1) is 0 Å². The van der Waals surface area contributed by atoms with E-state index >= 15 is 0 Å². The highest BCUT2D eigenvalue weighted by molar-refractivity contribution is 6.12. The van der Waals surface area contributed by atoms with Crippen LogP contribution in [0.4, 0.5) is 0 Å². The first-order valence-corrected chi connectivity index (χ1v) is 16.7. The van der Waals surface area contributed by atoms with Crippen molar-refractivity contribution in [2.75, 3.05) is 0 Å². The third-order valence-electron chi connectivity index (χ3n) is 10.4. The lowest BCUT2D eigenvalue weighted by Crippen LogP contribution is -2.22. The molecule has 0 bridgehead atoms. The van der Waals surface area contributed by atoms with Gasteiger partial charge < -0.3 is 4.42 Å². The van der Waals surface area contributed by atoms with Crippen LogP contribution in [0.2, 0.25) is 0 Å². The molecule has 1 unspecified atom stereocenters. The summed E-state index contributed by atoms with van der Waals surface area (Å²) >= 11 is 0. The van der Waals surface area contributed by atoms with Crippen molar-refractivity contribution >= 4 is 32.7 Å². The number of furan rings is 1. The minimum atomic E-state index is -0.307. The maximum absolute atomic E-state index is 6.30. The lowest BCUT2D eigenvalue weighted by Gasteiger charge is -2.28. The second kappa shape index (κ2) is 10.6. The Morgan fingerprint density at radius 3 is 2.04 bits per heavy atom. The van der Waals surface area contributed by atoms with Crippen molar-refractivity contribution in [3.63, 3.8) is 0 Å². The van der Waals surface area contributed by atoms with Crippen molar-refractivity contribution in [1.82, 2.24) is 9.97 Å². The topological polar surface area (TPSA) is 38.9 Å². The molecule has 1 atom stereocenters. The van der Waals surface area contributed by atoms with E-state index < -0.39 is 0 Å². The fraction of sp³-hybridized carbons (Fsp3) is 0.0435. The summed E-state index contributed by atoms with van der Waals surface area (Å²) in [4.78, 5) is 10.7. The molecule has 0 saturated heterocycles. The van der Waals surface area contributed by atoms with Gasteiger partial charge in [0, 0.05) is 32.9 Å². The predicted molar refractivity (Wildman–Crippen MR) is 201 cm³/mol. The summed E-state index contributed by atoms with van der Waals surface area (Å²) in [6.45, 7) is 2.36. The SMILES string of the molecule is CC1(c2ccccc2)c2ccccc2-c2ccc(-c3cc(-c4cccc5oc6ccccc6c45)nc(-c4cccc5ccccc45)n3)cc21. The third kappa shape index (κ3) is 4.15. The molecule has 10 rings (SSSR count). The molecule has 0 fully saturated rings. The normalized spacial score (nSPS) is 15.1. The third-order valence-corrected chi connectivity index (χ3v) is 10.4. The number of benzene rings is 7. The summed E-state index contributed by atoms with van der Waals surface area (Å²) < 4.78 is 6.30. The molecule has 7 aromatic carbocycles. The van der Waals surface area contributed by atoms with E-state index in [0.717, 1.165) is 60.8 Å². The van der Waals surface area contributed by atoms with Crippen molar-refractivity contribution in [3.8, 4) is 45.0 Å². The Morgan fingerprint density at radius 2 is 1.12 bits per heavy atom. The van der Waals surface area contributed by atoms with Gasteiger partial charge in [-0.3, -0.25) is 0 Å². The van der Waals surface area contributed by atoms with E-state index in [2.05, 4.69) is 153 Å². The first-order valence-electron chi connectivity index (χ1n) is 16.7. The summed E-state index contributed by atoms with van der Waals surface area (Å²) in [7, 11) is 0. The number of hydrogen-bond donors (Lipinski definition) is 0. The summed E-state index contributed by atoms with van der Waals surface area (Å²) in [5.74, 6) is 0.698. The van der Waals surface area contributed by atoms with Gasteiger partial charge in [0.1, 0.15) is 11.2 Å². The number of rotatable bonds is 4.